The number of rotatable bonds is 6. The topological polar surface area (TPSA) is 64.1 Å². The number of fused-ring (bicyclic) bond motifs is 3. The number of carbonyl (C=O) groups excluding carboxylic acids is 1. The number of benzene rings is 2. The Balaban J connectivity index is 1.28. The summed E-state index contributed by atoms with van der Waals surface area (Å²) in [7, 11) is 0. The monoisotopic (exact) mass is 465 g/mol. The third kappa shape index (κ3) is 4.61. The molecule has 1 N–H and O–H groups in total. The van der Waals surface area contributed by atoms with Gasteiger partial charge in [-0.1, -0.05) is 17.8 Å². The molecule has 2 aromatic heterocycles. The minimum atomic E-state index is -0.350. The van der Waals surface area contributed by atoms with Gasteiger partial charge in [0.15, 0.2) is 6.61 Å². The smallest absolute Gasteiger partial charge is 0.262 e. The fraction of sp³-hybridized carbons (Fsp3) is 0.208. The van der Waals surface area contributed by atoms with Gasteiger partial charge < -0.3 is 10.1 Å². The number of ether oxygens (including phenoxy) is 1. The molecule has 4 aromatic rings. The third-order valence-corrected chi connectivity index (χ3v) is 7.43. The average Bonchev–Trinajstić information content (AvgIpc) is 3.19. The van der Waals surface area contributed by atoms with Crippen LogP contribution in [0.25, 0.3) is 10.2 Å². The third-order valence-electron chi connectivity index (χ3n) is 5.23. The number of thiophene rings is 1. The van der Waals surface area contributed by atoms with E-state index in [0.29, 0.717) is 11.4 Å². The van der Waals surface area contributed by atoms with Crippen molar-refractivity contribution in [2.75, 3.05) is 11.9 Å². The maximum Gasteiger partial charge on any atom is 0.262 e. The summed E-state index contributed by atoms with van der Waals surface area (Å²) in [6, 6.07) is 13.2. The first-order valence-electron chi connectivity index (χ1n) is 10.4. The van der Waals surface area contributed by atoms with E-state index in [1.54, 1.807) is 29.4 Å². The van der Waals surface area contributed by atoms with Crippen LogP contribution in [0.2, 0.25) is 0 Å². The zero-order chi connectivity index (χ0) is 21.9. The summed E-state index contributed by atoms with van der Waals surface area (Å²) >= 11 is 3.37. The number of hydrogen-bond acceptors (Lipinski definition) is 6. The van der Waals surface area contributed by atoms with Crippen LogP contribution in [0.1, 0.15) is 23.3 Å². The second kappa shape index (κ2) is 9.26. The van der Waals surface area contributed by atoms with Crippen molar-refractivity contribution in [1.82, 2.24) is 9.97 Å². The van der Waals surface area contributed by atoms with Gasteiger partial charge in [-0.05, 0) is 73.7 Å². The second-order valence-electron chi connectivity index (χ2n) is 7.49. The van der Waals surface area contributed by atoms with Crippen molar-refractivity contribution in [2.45, 2.75) is 35.6 Å². The van der Waals surface area contributed by atoms with E-state index < -0.39 is 0 Å². The molecule has 5 nitrogen and oxygen atoms in total. The highest BCUT2D eigenvalue weighted by Crippen LogP contribution is 2.41. The molecule has 5 rings (SSSR count). The summed E-state index contributed by atoms with van der Waals surface area (Å²) in [4.78, 5) is 24.7. The fourth-order valence-corrected chi connectivity index (χ4v) is 6.02. The van der Waals surface area contributed by atoms with Gasteiger partial charge in [0, 0.05) is 20.8 Å². The van der Waals surface area contributed by atoms with Crippen molar-refractivity contribution in [1.29, 1.82) is 0 Å². The van der Waals surface area contributed by atoms with Crippen molar-refractivity contribution >= 4 is 44.9 Å². The van der Waals surface area contributed by atoms with E-state index in [1.807, 2.05) is 24.3 Å². The lowest BCUT2D eigenvalue weighted by atomic mass is 9.97. The summed E-state index contributed by atoms with van der Waals surface area (Å²) in [6.07, 6.45) is 6.30. The van der Waals surface area contributed by atoms with Crippen LogP contribution in [0.4, 0.5) is 10.1 Å². The van der Waals surface area contributed by atoms with Gasteiger partial charge in [-0.2, -0.15) is 0 Å². The Morgan fingerprint density at radius 2 is 1.97 bits per heavy atom. The lowest BCUT2D eigenvalue weighted by Gasteiger charge is -2.12. The number of hydrogen-bond donors (Lipinski definition) is 1. The molecule has 32 heavy (non-hydrogen) atoms. The van der Waals surface area contributed by atoms with E-state index in [-0.39, 0.29) is 18.3 Å². The molecule has 0 atom stereocenters. The molecule has 0 aliphatic heterocycles. The van der Waals surface area contributed by atoms with Crippen LogP contribution < -0.4 is 10.1 Å². The normalized spacial score (nSPS) is 13.0. The largest absolute Gasteiger partial charge is 0.484 e. The molecule has 0 spiro atoms. The Kier molecular flexibility index (Phi) is 6.05. The predicted molar refractivity (Wildman–Crippen MR) is 125 cm³/mol. The molecule has 1 aliphatic carbocycles. The molecular weight excluding hydrogens is 445 g/mol. The number of aryl methyl sites for hydroxylation is 2. The molecule has 2 aromatic carbocycles. The van der Waals surface area contributed by atoms with E-state index in [4.69, 9.17) is 4.74 Å². The SMILES string of the molecule is O=C(COc1cccc(Sc2ncnc3sc4c(c23)CCCC4)c1)Nc1ccc(F)cc1. The average molecular weight is 466 g/mol. The molecule has 2 heterocycles. The molecule has 1 aliphatic rings. The Bertz CT molecular complexity index is 1270. The number of amides is 1. The van der Waals surface area contributed by atoms with Crippen LogP contribution >= 0.6 is 23.1 Å². The highest BCUT2D eigenvalue weighted by molar-refractivity contribution is 7.99. The first kappa shape index (κ1) is 20.9. The summed E-state index contributed by atoms with van der Waals surface area (Å²) in [5, 5.41) is 4.83. The molecular formula is C24H20FN3O2S2. The highest BCUT2D eigenvalue weighted by atomic mass is 32.2. The van der Waals surface area contributed by atoms with Gasteiger partial charge in [0.1, 0.15) is 27.8 Å². The molecule has 0 unspecified atom stereocenters. The van der Waals surface area contributed by atoms with E-state index in [2.05, 4.69) is 15.3 Å². The molecule has 0 radical (unpaired) electrons. The van der Waals surface area contributed by atoms with Crippen molar-refractivity contribution in [2.24, 2.45) is 0 Å². The molecule has 8 heteroatoms. The number of nitrogens with one attached hydrogen (secondary N) is 1. The number of carbonyl (C=O) groups is 1. The van der Waals surface area contributed by atoms with Crippen LogP contribution in [-0.2, 0) is 17.6 Å². The Morgan fingerprint density at radius 1 is 1.12 bits per heavy atom. The number of aromatic nitrogens is 2. The standard InChI is InChI=1S/C24H20FN3O2S2/c25-15-8-10-16(11-9-15)28-21(29)13-30-17-4-3-5-18(12-17)31-23-22-19-6-1-2-7-20(19)32-24(22)27-14-26-23/h3-5,8-12,14H,1-2,6-7,13H2,(H,28,29). The molecule has 0 bridgehead atoms. The van der Waals surface area contributed by atoms with Crippen molar-refractivity contribution in [3.05, 3.63) is 71.1 Å². The maximum absolute atomic E-state index is 13.0. The highest BCUT2D eigenvalue weighted by Gasteiger charge is 2.20. The zero-order valence-corrected chi connectivity index (χ0v) is 18.8. The number of nitrogens with zero attached hydrogens (tertiary/aromatic N) is 2. The Labute approximate surface area is 193 Å². The van der Waals surface area contributed by atoms with Crippen molar-refractivity contribution in [3.63, 3.8) is 0 Å². The molecule has 0 saturated heterocycles. The van der Waals surface area contributed by atoms with Gasteiger partial charge in [-0.3, -0.25) is 4.79 Å². The lowest BCUT2D eigenvalue weighted by Crippen LogP contribution is -2.20. The van der Waals surface area contributed by atoms with Crippen LogP contribution in [0, 0.1) is 5.82 Å². The molecule has 0 fully saturated rings. The summed E-state index contributed by atoms with van der Waals surface area (Å²) in [5.41, 5.74) is 1.93. The summed E-state index contributed by atoms with van der Waals surface area (Å²) in [5.74, 6) is -0.0588. The van der Waals surface area contributed by atoms with Gasteiger partial charge in [-0.15, -0.1) is 11.3 Å². The fourth-order valence-electron chi connectivity index (χ4n) is 3.76. The summed E-state index contributed by atoms with van der Waals surface area (Å²) in [6.45, 7) is -0.138. The van der Waals surface area contributed by atoms with Gasteiger partial charge in [0.2, 0.25) is 0 Å². The second-order valence-corrected chi connectivity index (χ2v) is 9.64. The quantitative estimate of drug-likeness (QED) is 0.360. The van der Waals surface area contributed by atoms with Crippen molar-refractivity contribution in [3.8, 4) is 5.75 Å². The Morgan fingerprint density at radius 3 is 2.84 bits per heavy atom. The van der Waals surface area contributed by atoms with Crippen LogP contribution in [-0.4, -0.2) is 22.5 Å². The first-order valence-corrected chi connectivity index (χ1v) is 12.0. The van der Waals surface area contributed by atoms with Crippen LogP contribution in [0.3, 0.4) is 0 Å². The van der Waals surface area contributed by atoms with Gasteiger partial charge in [0.25, 0.3) is 5.91 Å². The minimum Gasteiger partial charge on any atom is -0.484 e. The minimum absolute atomic E-state index is 0.138. The maximum atomic E-state index is 13.0. The lowest BCUT2D eigenvalue weighted by molar-refractivity contribution is -0.118. The number of halogens is 1. The summed E-state index contributed by atoms with van der Waals surface area (Å²) < 4.78 is 18.7. The van der Waals surface area contributed by atoms with E-state index in [1.165, 1.54) is 52.9 Å². The van der Waals surface area contributed by atoms with Crippen LogP contribution in [0.15, 0.2) is 64.8 Å². The van der Waals surface area contributed by atoms with Crippen LogP contribution in [0.5, 0.6) is 5.75 Å². The Hall–Kier alpha value is -2.97. The molecule has 1 amide bonds. The first-order chi connectivity index (χ1) is 15.7. The predicted octanol–water partition coefficient (Wildman–Crippen LogP) is 5.88. The number of anilines is 1. The van der Waals surface area contributed by atoms with Gasteiger partial charge in [0.05, 0.1) is 0 Å². The molecule has 0 saturated carbocycles. The zero-order valence-electron chi connectivity index (χ0n) is 17.1. The van der Waals surface area contributed by atoms with Gasteiger partial charge >= 0.3 is 0 Å². The van der Waals surface area contributed by atoms with E-state index >= 15 is 0 Å². The molecule has 162 valence electrons. The van der Waals surface area contributed by atoms with Gasteiger partial charge in [-0.25, -0.2) is 14.4 Å². The van der Waals surface area contributed by atoms with E-state index in [0.717, 1.165) is 27.6 Å². The van der Waals surface area contributed by atoms with Crippen molar-refractivity contribution < 1.29 is 13.9 Å². The van der Waals surface area contributed by atoms with E-state index in [9.17, 15) is 9.18 Å².